The van der Waals surface area contributed by atoms with E-state index in [0.29, 0.717) is 25.3 Å². The van der Waals surface area contributed by atoms with Gasteiger partial charge in [-0.3, -0.25) is 19.2 Å². The average molecular weight is 759 g/mol. The van der Waals surface area contributed by atoms with E-state index in [0.717, 1.165) is 83.3 Å². The van der Waals surface area contributed by atoms with E-state index < -0.39 is 62.5 Å². The first-order valence-corrected chi connectivity index (χ1v) is 22.1. The first-order valence-electron chi connectivity index (χ1n) is 20.3. The van der Waals surface area contributed by atoms with Gasteiger partial charge >= 0.3 is 6.03 Å². The molecule has 0 aromatic carbocycles. The first-order chi connectivity index (χ1) is 24.8. The molecule has 4 saturated carbocycles. The number of sulfonamides is 1. The molecule has 1 heterocycles. The van der Waals surface area contributed by atoms with Gasteiger partial charge in [-0.25, -0.2) is 17.5 Å². The SMILES string of the molecule is C=CCCC(=O)C(=O)C(CC(=O)[C@@H]1[C@H]2CCC3(CC3)[C@H]2CN1C(=O)[C@@H](NC(=O)N[C@H](CN(C)S(C)(=O)=O)C(C)(C)C)C1(C)CCCCC1)CC1CCC1. The third-order valence-electron chi connectivity index (χ3n) is 14.0. The lowest BCUT2D eigenvalue weighted by Crippen LogP contribution is -2.62. The highest BCUT2D eigenvalue weighted by Crippen LogP contribution is 2.66. The van der Waals surface area contributed by atoms with E-state index in [-0.39, 0.29) is 48.3 Å². The Kier molecular flexibility index (Phi) is 12.7. The van der Waals surface area contributed by atoms with Crippen LogP contribution in [-0.4, -0.2) is 91.4 Å². The Morgan fingerprint density at radius 1 is 0.962 bits per heavy atom. The summed E-state index contributed by atoms with van der Waals surface area (Å²) in [7, 11) is -2.01. The number of likely N-dealkylation sites (N-methyl/N-ethyl adjacent to an activating group) is 1. The second-order valence-corrected chi connectivity index (χ2v) is 20.9. The Labute approximate surface area is 318 Å². The number of rotatable bonds is 17. The molecule has 5 fully saturated rings. The molecule has 3 amide bonds. The van der Waals surface area contributed by atoms with E-state index in [4.69, 9.17) is 0 Å². The zero-order valence-electron chi connectivity index (χ0n) is 33.2. The molecule has 0 radical (unpaired) electrons. The van der Waals surface area contributed by atoms with Crippen LogP contribution in [0.4, 0.5) is 4.79 Å². The van der Waals surface area contributed by atoms with Crippen LogP contribution in [0.1, 0.15) is 130 Å². The summed E-state index contributed by atoms with van der Waals surface area (Å²) in [4.78, 5) is 72.1. The molecular weight excluding hydrogens is 693 g/mol. The molecule has 2 N–H and O–H groups in total. The Morgan fingerprint density at radius 3 is 2.17 bits per heavy atom. The zero-order chi connectivity index (χ0) is 38.9. The molecule has 5 aliphatic rings. The van der Waals surface area contributed by atoms with Crippen LogP contribution < -0.4 is 10.6 Å². The van der Waals surface area contributed by atoms with Crippen molar-refractivity contribution in [1.29, 1.82) is 0 Å². The summed E-state index contributed by atoms with van der Waals surface area (Å²) in [5, 5.41) is 6.10. The smallest absolute Gasteiger partial charge is 0.315 e. The van der Waals surface area contributed by atoms with E-state index >= 15 is 4.79 Å². The van der Waals surface area contributed by atoms with Gasteiger partial charge in [0.15, 0.2) is 11.6 Å². The molecule has 11 nitrogen and oxygen atoms in total. The molecular formula is C41H66N4O7S. The molecule has 6 atom stereocenters. The van der Waals surface area contributed by atoms with Gasteiger partial charge in [-0.05, 0) is 85.4 Å². The number of ketones is 3. The molecule has 0 bridgehead atoms. The molecule has 298 valence electrons. The van der Waals surface area contributed by atoms with E-state index in [9.17, 15) is 27.6 Å². The third kappa shape index (κ3) is 9.45. The van der Waals surface area contributed by atoms with E-state index in [2.05, 4.69) is 24.1 Å². The molecule has 0 aromatic heterocycles. The van der Waals surface area contributed by atoms with Gasteiger partial charge in [-0.2, -0.15) is 0 Å². The minimum absolute atomic E-state index is 0.00434. The lowest BCUT2D eigenvalue weighted by molar-refractivity contribution is -0.145. The summed E-state index contributed by atoms with van der Waals surface area (Å²) in [6, 6.07) is -2.68. The number of likely N-dealkylation sites (tertiary alicyclic amines) is 1. The zero-order valence-corrected chi connectivity index (χ0v) is 34.0. The summed E-state index contributed by atoms with van der Waals surface area (Å²) < 4.78 is 25.8. The number of urea groups is 1. The normalized spacial score (nSPS) is 26.6. The Bertz CT molecular complexity index is 1520. The molecule has 1 saturated heterocycles. The second kappa shape index (κ2) is 16.2. The highest BCUT2D eigenvalue weighted by molar-refractivity contribution is 7.88. The van der Waals surface area contributed by atoms with E-state index in [1.54, 1.807) is 11.0 Å². The lowest BCUT2D eigenvalue weighted by Gasteiger charge is -2.43. The number of amides is 3. The van der Waals surface area contributed by atoms with Gasteiger partial charge in [-0.15, -0.1) is 6.58 Å². The highest BCUT2D eigenvalue weighted by Gasteiger charge is 2.64. The van der Waals surface area contributed by atoms with Gasteiger partial charge in [-0.1, -0.05) is 72.3 Å². The Morgan fingerprint density at radius 2 is 1.62 bits per heavy atom. The van der Waals surface area contributed by atoms with Crippen LogP contribution in [0.2, 0.25) is 0 Å². The third-order valence-corrected chi connectivity index (χ3v) is 15.3. The molecule has 53 heavy (non-hydrogen) atoms. The topological polar surface area (TPSA) is 150 Å². The van der Waals surface area contributed by atoms with Crippen molar-refractivity contribution in [2.24, 2.45) is 39.9 Å². The van der Waals surface area contributed by atoms with Crippen molar-refractivity contribution < 1.29 is 32.4 Å². The van der Waals surface area contributed by atoms with E-state index in [1.165, 1.54) is 11.4 Å². The fraction of sp³-hybridized carbons (Fsp3) is 0.829. The van der Waals surface area contributed by atoms with Gasteiger partial charge in [0, 0.05) is 44.9 Å². The number of hydrogen-bond acceptors (Lipinski definition) is 7. The van der Waals surface area contributed by atoms with Crippen molar-refractivity contribution in [1.82, 2.24) is 19.8 Å². The number of fused-ring (bicyclic) bond motifs is 2. The van der Waals surface area contributed by atoms with Gasteiger partial charge < -0.3 is 15.5 Å². The molecule has 5 rings (SSSR count). The summed E-state index contributed by atoms with van der Waals surface area (Å²) in [6.07, 6.45) is 15.3. The van der Waals surface area contributed by atoms with Gasteiger partial charge in [0.05, 0.1) is 12.3 Å². The Balaban J connectivity index is 1.42. The van der Waals surface area contributed by atoms with Crippen LogP contribution >= 0.6 is 0 Å². The minimum atomic E-state index is -3.50. The number of allylic oxidation sites excluding steroid dienone is 1. The van der Waals surface area contributed by atoms with Crippen molar-refractivity contribution in [2.75, 3.05) is 26.4 Å². The molecule has 12 heteroatoms. The highest BCUT2D eigenvalue weighted by atomic mass is 32.2. The predicted molar refractivity (Wildman–Crippen MR) is 205 cm³/mol. The van der Waals surface area contributed by atoms with Crippen LogP contribution in [0.5, 0.6) is 0 Å². The number of hydrogen-bond donors (Lipinski definition) is 2. The number of nitrogens with one attached hydrogen (secondary N) is 2. The maximum absolute atomic E-state index is 15.1. The van der Waals surface area contributed by atoms with Crippen LogP contribution in [0.15, 0.2) is 12.7 Å². The van der Waals surface area contributed by atoms with Gasteiger partial charge in [0.2, 0.25) is 21.7 Å². The molecule has 0 aromatic rings. The lowest BCUT2D eigenvalue weighted by atomic mass is 9.70. The van der Waals surface area contributed by atoms with Gasteiger partial charge in [0.1, 0.15) is 6.04 Å². The largest absolute Gasteiger partial charge is 0.334 e. The number of nitrogens with zero attached hydrogens (tertiary/aromatic N) is 2. The van der Waals surface area contributed by atoms with Crippen molar-refractivity contribution in [2.45, 2.75) is 149 Å². The number of carbonyl (C=O) groups is 5. The molecule has 1 aliphatic heterocycles. The summed E-state index contributed by atoms with van der Waals surface area (Å²) in [5.74, 6) is -1.47. The first kappa shape index (κ1) is 41.6. The standard InChI is InChI=1S/C41H66N4O7S/c1-8-9-16-31(46)35(48)28(23-27-14-13-15-27)24-32(47)34-29-17-20-41(21-22-41)30(29)25-45(34)37(49)36(40(5)18-11-10-12-19-40)43-38(50)42-33(39(2,3)4)26-44(6)53(7,51)52/h8,27-30,33-34,36H,1,9-26H2,2-7H3,(H2,42,43,50)/t28?,29-,30-,33+,34-,36+/m0/s1. The molecule has 1 spiro atoms. The molecule has 1 unspecified atom stereocenters. The summed E-state index contributed by atoms with van der Waals surface area (Å²) in [6.45, 7) is 12.1. The summed E-state index contributed by atoms with van der Waals surface area (Å²) >= 11 is 0. The monoisotopic (exact) mass is 758 g/mol. The quantitative estimate of drug-likeness (QED) is 0.140. The predicted octanol–water partition coefficient (Wildman–Crippen LogP) is 5.82. The average Bonchev–Trinajstić information content (AvgIpc) is 3.63. The van der Waals surface area contributed by atoms with Gasteiger partial charge in [0.25, 0.3) is 0 Å². The second-order valence-electron chi connectivity index (χ2n) is 18.8. The minimum Gasteiger partial charge on any atom is -0.334 e. The maximum Gasteiger partial charge on any atom is 0.315 e. The Hall–Kier alpha value is -2.60. The van der Waals surface area contributed by atoms with Crippen LogP contribution in [0, 0.1) is 39.9 Å². The van der Waals surface area contributed by atoms with Crippen molar-refractivity contribution in [3.63, 3.8) is 0 Å². The number of Topliss-reactive ketones (excluding diaryl/α,β-unsaturated/α-hetero) is 3. The fourth-order valence-corrected chi connectivity index (χ4v) is 10.4. The van der Waals surface area contributed by atoms with Crippen molar-refractivity contribution in [3.05, 3.63) is 12.7 Å². The number of carbonyl (C=O) groups excluding carboxylic acids is 5. The van der Waals surface area contributed by atoms with Crippen molar-refractivity contribution >= 4 is 39.3 Å². The van der Waals surface area contributed by atoms with Crippen LogP contribution in [0.3, 0.4) is 0 Å². The summed E-state index contributed by atoms with van der Waals surface area (Å²) in [5.41, 5.74) is -0.884. The van der Waals surface area contributed by atoms with Crippen molar-refractivity contribution in [3.8, 4) is 0 Å². The van der Waals surface area contributed by atoms with Crippen LogP contribution in [-0.2, 0) is 29.2 Å². The maximum atomic E-state index is 15.1. The fourth-order valence-electron chi connectivity index (χ4n) is 9.95. The molecule has 4 aliphatic carbocycles. The van der Waals surface area contributed by atoms with Crippen LogP contribution in [0.25, 0.3) is 0 Å². The van der Waals surface area contributed by atoms with E-state index in [1.807, 2.05) is 20.8 Å².